The molecule has 4 nitrogen and oxygen atoms in total. The molecule has 5 heteroatoms. The molecule has 148 valence electrons. The third kappa shape index (κ3) is 3.23. The third-order valence-corrected chi connectivity index (χ3v) is 5.83. The Kier molecular flexibility index (Phi) is 5.20. The van der Waals surface area contributed by atoms with Crippen molar-refractivity contribution in [2.24, 2.45) is 0 Å². The number of nitrogens with zero attached hydrogens (tertiary/aromatic N) is 1. The summed E-state index contributed by atoms with van der Waals surface area (Å²) in [5, 5.41) is 9.38. The molecule has 4 rings (SSSR count). The number of hydrogen-bond donors (Lipinski definition) is 1. The summed E-state index contributed by atoms with van der Waals surface area (Å²) in [6.07, 6.45) is 0. The molecule has 0 bridgehead atoms. The van der Waals surface area contributed by atoms with E-state index in [1.54, 1.807) is 12.1 Å². The van der Waals surface area contributed by atoms with Gasteiger partial charge in [-0.05, 0) is 43.7 Å². The number of carboxylic acid groups (broad SMARTS) is 1. The molecule has 1 aliphatic rings. The Labute approximate surface area is 175 Å². The van der Waals surface area contributed by atoms with E-state index >= 15 is 0 Å². The zero-order chi connectivity index (χ0) is 20.5. The van der Waals surface area contributed by atoms with Crippen molar-refractivity contribution in [1.29, 1.82) is 0 Å². The Bertz CT molecular complexity index is 1080. The van der Waals surface area contributed by atoms with Crippen molar-refractivity contribution in [1.82, 2.24) is 0 Å². The van der Waals surface area contributed by atoms with Gasteiger partial charge < -0.3 is 14.7 Å². The highest BCUT2D eigenvalue weighted by atomic mass is 35.5. The fraction of sp³-hybridized carbons (Fsp3) is 0.208. The Morgan fingerprint density at radius 3 is 2.41 bits per heavy atom. The summed E-state index contributed by atoms with van der Waals surface area (Å²) >= 11 is 6.98. The molecule has 0 saturated heterocycles. The van der Waals surface area contributed by atoms with Crippen LogP contribution in [0.4, 0.5) is 5.69 Å². The molecule has 1 unspecified atom stereocenters. The molecule has 3 aromatic rings. The molecule has 1 aliphatic heterocycles. The lowest BCUT2D eigenvalue weighted by atomic mass is 9.88. The standard InChI is InChI=1S/C24H22ClNO3/c1-3-26(4-2)18-13-14-20-22(23(25)17-11-7-8-12-19(17)29-20)21(18)15-9-5-6-10-16(15)24(27)28/h5-14,23H,3-4H2,1-2H3,(H,27,28). The predicted molar refractivity (Wildman–Crippen MR) is 117 cm³/mol. The van der Waals surface area contributed by atoms with E-state index in [2.05, 4.69) is 18.7 Å². The molecule has 0 aliphatic carbocycles. The summed E-state index contributed by atoms with van der Waals surface area (Å²) in [5.74, 6) is 0.426. The highest BCUT2D eigenvalue weighted by Gasteiger charge is 2.32. The molecule has 29 heavy (non-hydrogen) atoms. The monoisotopic (exact) mass is 407 g/mol. The lowest BCUT2D eigenvalue weighted by molar-refractivity contribution is 0.0697. The summed E-state index contributed by atoms with van der Waals surface area (Å²) in [6.45, 7) is 5.75. The first-order valence-electron chi connectivity index (χ1n) is 9.72. The molecule has 0 amide bonds. The zero-order valence-corrected chi connectivity index (χ0v) is 17.1. The fourth-order valence-electron chi connectivity index (χ4n) is 3.98. The fourth-order valence-corrected chi connectivity index (χ4v) is 4.38. The first-order valence-corrected chi connectivity index (χ1v) is 10.2. The van der Waals surface area contributed by atoms with Crippen molar-refractivity contribution in [2.75, 3.05) is 18.0 Å². The molecular weight excluding hydrogens is 386 g/mol. The zero-order valence-electron chi connectivity index (χ0n) is 16.4. The second-order valence-electron chi connectivity index (χ2n) is 6.90. The second kappa shape index (κ2) is 7.80. The first kappa shape index (κ1) is 19.3. The van der Waals surface area contributed by atoms with Gasteiger partial charge in [0.15, 0.2) is 0 Å². The lowest BCUT2D eigenvalue weighted by Gasteiger charge is -2.32. The van der Waals surface area contributed by atoms with Crippen LogP contribution in [0, 0.1) is 0 Å². The lowest BCUT2D eigenvalue weighted by Crippen LogP contribution is -2.23. The van der Waals surface area contributed by atoms with Crippen molar-refractivity contribution in [3.8, 4) is 22.6 Å². The Morgan fingerprint density at radius 2 is 1.69 bits per heavy atom. The number of carboxylic acids is 1. The Balaban J connectivity index is 2.05. The van der Waals surface area contributed by atoms with Gasteiger partial charge in [0.25, 0.3) is 0 Å². The van der Waals surface area contributed by atoms with Crippen LogP contribution in [0.25, 0.3) is 11.1 Å². The van der Waals surface area contributed by atoms with Gasteiger partial charge in [0.1, 0.15) is 11.5 Å². The van der Waals surface area contributed by atoms with Gasteiger partial charge in [-0.15, -0.1) is 11.6 Å². The van der Waals surface area contributed by atoms with Gasteiger partial charge >= 0.3 is 5.97 Å². The van der Waals surface area contributed by atoms with Crippen LogP contribution in [-0.2, 0) is 0 Å². The number of halogens is 1. The summed E-state index contributed by atoms with van der Waals surface area (Å²) in [4.78, 5) is 14.2. The quantitative estimate of drug-likeness (QED) is 0.502. The topological polar surface area (TPSA) is 49.8 Å². The van der Waals surface area contributed by atoms with Crippen LogP contribution in [-0.4, -0.2) is 24.2 Å². The maximum atomic E-state index is 12.0. The number of anilines is 1. The van der Waals surface area contributed by atoms with Crippen molar-refractivity contribution in [3.63, 3.8) is 0 Å². The number of carbonyl (C=O) groups is 1. The number of fused-ring (bicyclic) bond motifs is 2. The normalized spacial score (nSPS) is 14.5. The summed E-state index contributed by atoms with van der Waals surface area (Å²) in [7, 11) is 0. The largest absolute Gasteiger partial charge is 0.478 e. The van der Waals surface area contributed by atoms with E-state index in [9.17, 15) is 9.90 Å². The number of alkyl halides is 1. The van der Waals surface area contributed by atoms with E-state index in [0.717, 1.165) is 41.2 Å². The smallest absolute Gasteiger partial charge is 0.336 e. The minimum absolute atomic E-state index is 0.247. The highest BCUT2D eigenvalue weighted by Crippen LogP contribution is 2.52. The van der Waals surface area contributed by atoms with Gasteiger partial charge in [-0.1, -0.05) is 36.4 Å². The predicted octanol–water partition coefficient (Wildman–Crippen LogP) is 6.33. The second-order valence-corrected chi connectivity index (χ2v) is 7.33. The molecular formula is C24H22ClNO3. The number of benzene rings is 3. The molecule has 0 fully saturated rings. The van der Waals surface area contributed by atoms with Gasteiger partial charge in [0.05, 0.1) is 10.9 Å². The third-order valence-electron chi connectivity index (χ3n) is 5.38. The van der Waals surface area contributed by atoms with Crippen LogP contribution in [0.15, 0.2) is 60.7 Å². The average Bonchev–Trinajstić information content (AvgIpc) is 2.74. The molecule has 0 saturated carbocycles. The van der Waals surface area contributed by atoms with Gasteiger partial charge in [0.2, 0.25) is 0 Å². The molecule has 0 radical (unpaired) electrons. The van der Waals surface area contributed by atoms with Crippen molar-refractivity contribution in [2.45, 2.75) is 19.2 Å². The van der Waals surface area contributed by atoms with Crippen LogP contribution >= 0.6 is 11.6 Å². The van der Waals surface area contributed by atoms with Gasteiger partial charge in [-0.3, -0.25) is 0 Å². The minimum atomic E-state index is -0.966. The summed E-state index contributed by atoms with van der Waals surface area (Å²) in [6, 6.07) is 18.7. The maximum Gasteiger partial charge on any atom is 0.336 e. The number of para-hydroxylation sites is 1. The van der Waals surface area contributed by atoms with E-state index in [4.69, 9.17) is 16.3 Å². The van der Waals surface area contributed by atoms with E-state index in [0.29, 0.717) is 11.3 Å². The van der Waals surface area contributed by atoms with Crippen LogP contribution in [0.1, 0.15) is 40.7 Å². The number of aromatic carboxylic acids is 1. The van der Waals surface area contributed by atoms with Gasteiger partial charge in [-0.25, -0.2) is 4.79 Å². The van der Waals surface area contributed by atoms with Crippen LogP contribution in [0.5, 0.6) is 11.5 Å². The SMILES string of the molecule is CCN(CC)c1ccc2c(c1-c1ccccc1C(=O)O)C(Cl)c1ccccc1O2. The summed E-state index contributed by atoms with van der Waals surface area (Å²) in [5.41, 5.74) is 4.36. The minimum Gasteiger partial charge on any atom is -0.478 e. The highest BCUT2D eigenvalue weighted by molar-refractivity contribution is 6.24. The first-order chi connectivity index (χ1) is 14.1. The molecule has 0 aromatic heterocycles. The van der Waals surface area contributed by atoms with Gasteiger partial charge in [0, 0.05) is 35.5 Å². The maximum absolute atomic E-state index is 12.0. The van der Waals surface area contributed by atoms with Crippen molar-refractivity contribution >= 4 is 23.3 Å². The molecule has 1 atom stereocenters. The van der Waals surface area contributed by atoms with Crippen molar-refractivity contribution < 1.29 is 14.6 Å². The average molecular weight is 408 g/mol. The summed E-state index contributed by atoms with van der Waals surface area (Å²) < 4.78 is 6.16. The Morgan fingerprint density at radius 1 is 1.00 bits per heavy atom. The van der Waals surface area contributed by atoms with Crippen LogP contribution in [0.3, 0.4) is 0 Å². The molecule has 3 aromatic carbocycles. The molecule has 1 N–H and O–H groups in total. The Hall–Kier alpha value is -2.98. The van der Waals surface area contributed by atoms with E-state index in [1.165, 1.54) is 0 Å². The van der Waals surface area contributed by atoms with Crippen LogP contribution in [0.2, 0.25) is 0 Å². The number of ether oxygens (including phenoxy) is 1. The van der Waals surface area contributed by atoms with Crippen molar-refractivity contribution in [3.05, 3.63) is 77.4 Å². The van der Waals surface area contributed by atoms with E-state index in [1.807, 2.05) is 48.5 Å². The van der Waals surface area contributed by atoms with Gasteiger partial charge in [-0.2, -0.15) is 0 Å². The van der Waals surface area contributed by atoms with E-state index in [-0.39, 0.29) is 5.56 Å². The number of hydrogen-bond acceptors (Lipinski definition) is 3. The molecule has 0 spiro atoms. The number of rotatable bonds is 5. The molecule has 1 heterocycles. The van der Waals surface area contributed by atoms with E-state index < -0.39 is 11.3 Å². The van der Waals surface area contributed by atoms with Crippen LogP contribution < -0.4 is 9.64 Å².